The molecule has 1 aliphatic heterocycles. The molecule has 1 heterocycles. The number of carbonyl (C=O) groups excluding carboxylic acids is 1. The second-order valence-electron chi connectivity index (χ2n) is 3.90. The van der Waals surface area contributed by atoms with Crippen LogP contribution in [0.2, 0.25) is 0 Å². The van der Waals surface area contributed by atoms with Crippen molar-refractivity contribution >= 4 is 28.6 Å². The highest BCUT2D eigenvalue weighted by Crippen LogP contribution is 2.21. The maximum Gasteiger partial charge on any atom is 0.305 e. The first-order valence-corrected chi connectivity index (χ1v) is 7.15. The van der Waals surface area contributed by atoms with Gasteiger partial charge in [-0.2, -0.15) is 0 Å². The molecule has 1 fully saturated rings. The van der Waals surface area contributed by atoms with Crippen molar-refractivity contribution < 1.29 is 14.3 Å². The predicted molar refractivity (Wildman–Crippen MR) is 67.3 cm³/mol. The fourth-order valence-electron chi connectivity index (χ4n) is 1.60. The van der Waals surface area contributed by atoms with E-state index in [0.717, 1.165) is 30.1 Å². The van der Waals surface area contributed by atoms with Crippen LogP contribution in [0, 0.1) is 0 Å². The Morgan fingerprint density at radius 1 is 1.47 bits per heavy atom. The molecule has 2 atom stereocenters. The minimum Gasteiger partial charge on any atom is -0.463 e. The van der Waals surface area contributed by atoms with E-state index in [1.807, 2.05) is 0 Å². The molecule has 4 heteroatoms. The van der Waals surface area contributed by atoms with Crippen molar-refractivity contribution in [1.29, 1.82) is 0 Å². The number of hydrogen-bond donors (Lipinski definition) is 0. The highest BCUT2D eigenvalue weighted by molar-refractivity contribution is 14.1. The molecule has 0 aromatic rings. The maximum absolute atomic E-state index is 11.2. The van der Waals surface area contributed by atoms with Crippen molar-refractivity contribution in [1.82, 2.24) is 0 Å². The van der Waals surface area contributed by atoms with Crippen LogP contribution in [0.5, 0.6) is 0 Å². The van der Waals surface area contributed by atoms with Gasteiger partial charge >= 0.3 is 5.97 Å². The normalized spacial score (nSPS) is 25.5. The molecule has 1 saturated heterocycles. The van der Waals surface area contributed by atoms with E-state index in [9.17, 15) is 4.79 Å². The largest absolute Gasteiger partial charge is 0.463 e. The van der Waals surface area contributed by atoms with Gasteiger partial charge in [-0.3, -0.25) is 4.79 Å². The van der Waals surface area contributed by atoms with Crippen molar-refractivity contribution in [2.75, 3.05) is 11.0 Å². The topological polar surface area (TPSA) is 35.5 Å². The fourth-order valence-corrected chi connectivity index (χ4v) is 2.24. The summed E-state index contributed by atoms with van der Waals surface area (Å²) in [7, 11) is 0. The van der Waals surface area contributed by atoms with Crippen LogP contribution in [0.4, 0.5) is 0 Å². The van der Waals surface area contributed by atoms with Gasteiger partial charge in [0, 0.05) is 10.8 Å². The van der Waals surface area contributed by atoms with Gasteiger partial charge in [-0.05, 0) is 19.3 Å². The number of rotatable bonds is 6. The lowest BCUT2D eigenvalue weighted by atomic mass is 10.2. The fraction of sp³-hybridized carbons (Fsp3) is 0.909. The van der Waals surface area contributed by atoms with Crippen LogP contribution in [0.3, 0.4) is 0 Å². The summed E-state index contributed by atoms with van der Waals surface area (Å²) in [4.78, 5) is 11.2. The van der Waals surface area contributed by atoms with Gasteiger partial charge in [0.15, 0.2) is 0 Å². The summed E-state index contributed by atoms with van der Waals surface area (Å²) in [6, 6.07) is 0. The molecule has 1 rings (SSSR count). The van der Waals surface area contributed by atoms with Gasteiger partial charge in [0.1, 0.15) is 6.61 Å². The van der Waals surface area contributed by atoms with Gasteiger partial charge in [-0.15, -0.1) is 0 Å². The van der Waals surface area contributed by atoms with Crippen molar-refractivity contribution in [3.8, 4) is 0 Å². The third-order valence-electron chi connectivity index (χ3n) is 2.53. The van der Waals surface area contributed by atoms with Crippen molar-refractivity contribution in [2.45, 2.75) is 51.2 Å². The Morgan fingerprint density at radius 3 is 2.80 bits per heavy atom. The van der Waals surface area contributed by atoms with Crippen LogP contribution in [0.15, 0.2) is 0 Å². The molecule has 0 spiro atoms. The van der Waals surface area contributed by atoms with Gasteiger partial charge in [-0.25, -0.2) is 0 Å². The highest BCUT2D eigenvalue weighted by Gasteiger charge is 2.25. The Bertz CT molecular complexity index is 196. The lowest BCUT2D eigenvalue weighted by Crippen LogP contribution is -2.20. The first kappa shape index (κ1) is 13.2. The Kier molecular flexibility index (Phi) is 6.56. The Morgan fingerprint density at radius 2 is 2.20 bits per heavy atom. The number of hydrogen-bond acceptors (Lipinski definition) is 3. The van der Waals surface area contributed by atoms with E-state index in [4.69, 9.17) is 9.47 Å². The van der Waals surface area contributed by atoms with E-state index in [0.29, 0.717) is 19.1 Å². The second-order valence-corrected chi connectivity index (χ2v) is 4.78. The molecule has 0 aromatic heterocycles. The van der Waals surface area contributed by atoms with Crippen LogP contribution >= 0.6 is 22.6 Å². The summed E-state index contributed by atoms with van der Waals surface area (Å²) in [6.45, 7) is 2.51. The molecule has 0 bridgehead atoms. The lowest BCUT2D eigenvalue weighted by molar-refractivity contribution is -0.147. The zero-order valence-corrected chi connectivity index (χ0v) is 11.4. The Balaban J connectivity index is 2.07. The zero-order chi connectivity index (χ0) is 11.1. The van der Waals surface area contributed by atoms with Crippen molar-refractivity contribution in [3.63, 3.8) is 0 Å². The molecule has 0 aliphatic carbocycles. The second kappa shape index (κ2) is 7.44. The van der Waals surface area contributed by atoms with E-state index >= 15 is 0 Å². The maximum atomic E-state index is 11.2. The summed E-state index contributed by atoms with van der Waals surface area (Å²) >= 11 is 2.33. The molecule has 15 heavy (non-hydrogen) atoms. The molecule has 0 saturated carbocycles. The number of alkyl halides is 1. The van der Waals surface area contributed by atoms with Crippen LogP contribution in [0.1, 0.15) is 39.0 Å². The highest BCUT2D eigenvalue weighted by atomic mass is 127. The van der Waals surface area contributed by atoms with E-state index in [1.54, 1.807) is 0 Å². The molecule has 1 aliphatic rings. The van der Waals surface area contributed by atoms with E-state index < -0.39 is 0 Å². The van der Waals surface area contributed by atoms with E-state index in [2.05, 4.69) is 29.5 Å². The third kappa shape index (κ3) is 5.15. The van der Waals surface area contributed by atoms with Crippen LogP contribution in [-0.2, 0) is 14.3 Å². The van der Waals surface area contributed by atoms with Crippen LogP contribution in [0.25, 0.3) is 0 Å². The van der Waals surface area contributed by atoms with E-state index in [-0.39, 0.29) is 12.1 Å². The molecule has 0 amide bonds. The quantitative estimate of drug-likeness (QED) is 0.428. The molecule has 0 aromatic carbocycles. The lowest BCUT2D eigenvalue weighted by Gasteiger charge is -2.12. The molecular weight excluding hydrogens is 307 g/mol. The summed E-state index contributed by atoms with van der Waals surface area (Å²) < 4.78 is 11.9. The van der Waals surface area contributed by atoms with Gasteiger partial charge in [0.25, 0.3) is 0 Å². The SMILES string of the molecule is CCCCC(=O)OC[C@H]1CC[C@H](CI)O1. The molecule has 0 radical (unpaired) electrons. The number of halogens is 1. The monoisotopic (exact) mass is 326 g/mol. The Hall–Kier alpha value is 0.160. The summed E-state index contributed by atoms with van der Waals surface area (Å²) in [5.74, 6) is -0.0848. The third-order valence-corrected chi connectivity index (χ3v) is 3.51. The number of esters is 1. The van der Waals surface area contributed by atoms with Crippen molar-refractivity contribution in [2.24, 2.45) is 0 Å². The molecule has 88 valence electrons. The van der Waals surface area contributed by atoms with Gasteiger partial charge < -0.3 is 9.47 Å². The van der Waals surface area contributed by atoms with Gasteiger partial charge in [-0.1, -0.05) is 35.9 Å². The molecule has 0 unspecified atom stereocenters. The Labute approximate surface area is 105 Å². The molecule has 3 nitrogen and oxygen atoms in total. The predicted octanol–water partition coefficient (Wildman–Crippen LogP) is 2.70. The first-order chi connectivity index (χ1) is 7.26. The smallest absolute Gasteiger partial charge is 0.305 e. The zero-order valence-electron chi connectivity index (χ0n) is 9.21. The number of ether oxygens (including phenoxy) is 2. The summed E-state index contributed by atoms with van der Waals surface area (Å²) in [5.41, 5.74) is 0. The number of carbonyl (C=O) groups is 1. The van der Waals surface area contributed by atoms with Crippen LogP contribution in [-0.4, -0.2) is 29.2 Å². The molecule has 0 N–H and O–H groups in total. The van der Waals surface area contributed by atoms with Crippen molar-refractivity contribution in [3.05, 3.63) is 0 Å². The summed E-state index contributed by atoms with van der Waals surface area (Å²) in [6.07, 6.45) is 5.11. The summed E-state index contributed by atoms with van der Waals surface area (Å²) in [5, 5.41) is 0. The minimum absolute atomic E-state index is 0.0848. The molecular formula is C11H19IO3. The van der Waals surface area contributed by atoms with Crippen LogP contribution < -0.4 is 0 Å². The van der Waals surface area contributed by atoms with E-state index in [1.165, 1.54) is 0 Å². The average molecular weight is 326 g/mol. The van der Waals surface area contributed by atoms with Gasteiger partial charge in [0.2, 0.25) is 0 Å². The number of unbranched alkanes of at least 4 members (excludes halogenated alkanes) is 1. The standard InChI is InChI=1S/C11H19IO3/c1-2-3-4-11(13)14-8-10-6-5-9(7-12)15-10/h9-10H,2-8H2,1H3/t9-,10-/m1/s1. The first-order valence-electron chi connectivity index (χ1n) is 5.63. The minimum atomic E-state index is -0.0848. The average Bonchev–Trinajstić information content (AvgIpc) is 2.71. The van der Waals surface area contributed by atoms with Gasteiger partial charge in [0.05, 0.1) is 12.2 Å².